The van der Waals surface area contributed by atoms with Crippen molar-refractivity contribution in [1.29, 1.82) is 0 Å². The molecule has 4 rings (SSSR count). The van der Waals surface area contributed by atoms with E-state index in [0.717, 1.165) is 25.0 Å². The van der Waals surface area contributed by atoms with Gasteiger partial charge in [-0.3, -0.25) is 0 Å². The van der Waals surface area contributed by atoms with E-state index in [4.69, 9.17) is 4.74 Å². The van der Waals surface area contributed by atoms with E-state index >= 15 is 0 Å². The van der Waals surface area contributed by atoms with Crippen LogP contribution >= 0.6 is 0 Å². The Kier molecular flexibility index (Phi) is 3.51. The van der Waals surface area contributed by atoms with Crippen LogP contribution in [0.15, 0.2) is 40.3 Å². The highest BCUT2D eigenvalue weighted by atomic mass is 32.2. The van der Waals surface area contributed by atoms with Crippen LogP contribution in [0.25, 0.3) is 0 Å². The summed E-state index contributed by atoms with van der Waals surface area (Å²) in [5, 5.41) is 0. The van der Waals surface area contributed by atoms with Crippen molar-refractivity contribution in [3.8, 4) is 0 Å². The molecule has 0 amide bonds. The summed E-state index contributed by atoms with van der Waals surface area (Å²) in [5.74, 6) is 0. The Hall–Kier alpha value is -1.17. The quantitative estimate of drug-likeness (QED) is 0.772. The molecule has 2 fully saturated rings. The monoisotopic (exact) mass is 347 g/mol. The van der Waals surface area contributed by atoms with Gasteiger partial charge in [0.05, 0.1) is 18.1 Å². The van der Waals surface area contributed by atoms with Crippen molar-refractivity contribution in [3.63, 3.8) is 0 Å². The van der Waals surface area contributed by atoms with Gasteiger partial charge in [0.1, 0.15) is 0 Å². The highest BCUT2D eigenvalue weighted by molar-refractivity contribution is 7.89. The second-order valence-corrected chi connectivity index (χ2v) is 10.1. The zero-order valence-corrected chi connectivity index (χ0v) is 15.4. The summed E-state index contributed by atoms with van der Waals surface area (Å²) >= 11 is 0. The number of benzene rings is 1. The fraction of sp³-hybridized carbons (Fsp3) is 0.579. The van der Waals surface area contributed by atoms with Crippen molar-refractivity contribution >= 4 is 10.0 Å². The van der Waals surface area contributed by atoms with Gasteiger partial charge in [-0.1, -0.05) is 31.5 Å². The molecule has 2 saturated heterocycles. The normalized spacial score (nSPS) is 33.6. The third-order valence-electron chi connectivity index (χ3n) is 6.24. The van der Waals surface area contributed by atoms with Crippen LogP contribution in [0.3, 0.4) is 0 Å². The average Bonchev–Trinajstić information content (AvgIpc) is 3.08. The average molecular weight is 347 g/mol. The Balaban J connectivity index is 1.72. The smallest absolute Gasteiger partial charge is 0.243 e. The Bertz CT molecular complexity index is 812. The first-order chi connectivity index (χ1) is 11.2. The summed E-state index contributed by atoms with van der Waals surface area (Å²) in [5.41, 5.74) is 3.81. The Morgan fingerprint density at radius 1 is 1.04 bits per heavy atom. The van der Waals surface area contributed by atoms with Crippen molar-refractivity contribution in [2.24, 2.45) is 10.8 Å². The zero-order valence-electron chi connectivity index (χ0n) is 14.6. The van der Waals surface area contributed by atoms with Gasteiger partial charge in [-0.15, -0.1) is 0 Å². The molecule has 130 valence electrons. The molecular weight excluding hydrogens is 322 g/mol. The maximum absolute atomic E-state index is 13.1. The van der Waals surface area contributed by atoms with E-state index in [0.29, 0.717) is 24.6 Å². The largest absolute Gasteiger partial charge is 0.376 e. The molecule has 1 aromatic rings. The van der Waals surface area contributed by atoms with E-state index < -0.39 is 10.0 Å². The Morgan fingerprint density at radius 2 is 1.71 bits per heavy atom. The summed E-state index contributed by atoms with van der Waals surface area (Å²) in [7, 11) is -3.44. The number of hydrogen-bond acceptors (Lipinski definition) is 3. The molecule has 0 N–H and O–H groups in total. The van der Waals surface area contributed by atoms with E-state index in [2.05, 4.69) is 13.8 Å². The summed E-state index contributed by atoms with van der Waals surface area (Å²) in [6.07, 6.45) is 2.12. The van der Waals surface area contributed by atoms with Crippen molar-refractivity contribution in [3.05, 3.63) is 41.0 Å². The first-order valence-corrected chi connectivity index (χ1v) is 10.1. The standard InChI is InChI=1S/C19H25NO3S/c1-14-4-6-15(7-5-14)24(21,22)20-10-16-17-11-23-13-19(17,3)9-8-18(16,2)12-20/h4-7H,8-13H2,1-3H3/t18-,19-/m0/s1. The first-order valence-electron chi connectivity index (χ1n) is 8.62. The minimum absolute atomic E-state index is 0.0414. The summed E-state index contributed by atoms with van der Waals surface area (Å²) in [4.78, 5) is 0.395. The van der Waals surface area contributed by atoms with Crippen LogP contribution < -0.4 is 0 Å². The van der Waals surface area contributed by atoms with Crippen molar-refractivity contribution in [1.82, 2.24) is 4.31 Å². The van der Waals surface area contributed by atoms with Crippen LogP contribution in [0.1, 0.15) is 32.3 Å². The molecular formula is C19H25NO3S. The highest BCUT2D eigenvalue weighted by Crippen LogP contribution is 2.55. The number of ether oxygens (including phenoxy) is 1. The third kappa shape index (κ3) is 2.29. The van der Waals surface area contributed by atoms with E-state index in [-0.39, 0.29) is 10.8 Å². The topological polar surface area (TPSA) is 46.6 Å². The van der Waals surface area contributed by atoms with Gasteiger partial charge in [0.25, 0.3) is 0 Å². The molecule has 2 heterocycles. The highest BCUT2D eigenvalue weighted by Gasteiger charge is 2.52. The lowest BCUT2D eigenvalue weighted by Gasteiger charge is -2.39. The minimum atomic E-state index is -3.44. The predicted molar refractivity (Wildman–Crippen MR) is 93.2 cm³/mol. The van der Waals surface area contributed by atoms with Gasteiger partial charge in [0.2, 0.25) is 10.0 Å². The molecule has 3 aliphatic rings. The van der Waals surface area contributed by atoms with Crippen molar-refractivity contribution < 1.29 is 13.2 Å². The molecule has 0 spiro atoms. The molecule has 5 heteroatoms. The van der Waals surface area contributed by atoms with Gasteiger partial charge < -0.3 is 4.74 Å². The maximum atomic E-state index is 13.1. The molecule has 1 aromatic carbocycles. The van der Waals surface area contributed by atoms with E-state index in [1.54, 1.807) is 16.4 Å². The number of fused-ring (bicyclic) bond motifs is 2. The van der Waals surface area contributed by atoms with Gasteiger partial charge in [-0.2, -0.15) is 4.31 Å². The molecule has 2 aliphatic heterocycles. The number of aryl methyl sites for hydroxylation is 1. The molecule has 1 aliphatic carbocycles. The number of hydrogen-bond donors (Lipinski definition) is 0. The van der Waals surface area contributed by atoms with Crippen molar-refractivity contribution in [2.75, 3.05) is 26.3 Å². The lowest BCUT2D eigenvalue weighted by Crippen LogP contribution is -2.34. The third-order valence-corrected chi connectivity index (χ3v) is 8.04. The van der Waals surface area contributed by atoms with Crippen LogP contribution in [0.4, 0.5) is 0 Å². The second kappa shape index (κ2) is 5.16. The molecule has 4 nitrogen and oxygen atoms in total. The lowest BCUT2D eigenvalue weighted by atomic mass is 9.64. The molecule has 0 aromatic heterocycles. The Morgan fingerprint density at radius 3 is 2.42 bits per heavy atom. The van der Waals surface area contributed by atoms with E-state index in [1.165, 1.54) is 11.1 Å². The lowest BCUT2D eigenvalue weighted by molar-refractivity contribution is 0.145. The summed E-state index contributed by atoms with van der Waals surface area (Å²) in [6, 6.07) is 7.16. The summed E-state index contributed by atoms with van der Waals surface area (Å²) in [6.45, 7) is 8.98. The summed E-state index contributed by atoms with van der Waals surface area (Å²) < 4.78 is 33.6. The van der Waals surface area contributed by atoms with E-state index in [9.17, 15) is 8.42 Å². The van der Waals surface area contributed by atoms with Gasteiger partial charge in [0.15, 0.2) is 0 Å². The minimum Gasteiger partial charge on any atom is -0.376 e. The molecule has 2 atom stereocenters. The number of rotatable bonds is 2. The van der Waals surface area contributed by atoms with Crippen molar-refractivity contribution in [2.45, 2.75) is 38.5 Å². The molecule has 24 heavy (non-hydrogen) atoms. The predicted octanol–water partition coefficient (Wildman–Crippen LogP) is 3.13. The van der Waals surface area contributed by atoms with Gasteiger partial charge in [-0.25, -0.2) is 8.42 Å². The molecule has 0 unspecified atom stereocenters. The first kappa shape index (κ1) is 16.3. The molecule has 0 saturated carbocycles. The fourth-order valence-electron chi connectivity index (χ4n) is 4.49. The number of nitrogens with zero attached hydrogens (tertiary/aromatic N) is 1. The van der Waals surface area contributed by atoms with Crippen LogP contribution in [-0.4, -0.2) is 39.0 Å². The maximum Gasteiger partial charge on any atom is 0.243 e. The second-order valence-electron chi connectivity index (χ2n) is 8.16. The zero-order chi connectivity index (χ0) is 17.2. The van der Waals surface area contributed by atoms with Gasteiger partial charge in [-0.05, 0) is 43.0 Å². The van der Waals surface area contributed by atoms with Crippen LogP contribution in [0.5, 0.6) is 0 Å². The molecule has 0 radical (unpaired) electrons. The number of sulfonamides is 1. The molecule has 0 bridgehead atoms. The van der Waals surface area contributed by atoms with Gasteiger partial charge in [0, 0.05) is 23.9 Å². The van der Waals surface area contributed by atoms with Gasteiger partial charge >= 0.3 is 0 Å². The SMILES string of the molecule is Cc1ccc(S(=O)(=O)N2CC3=C4COC[C@]4(C)CC[C@@]3(C)C2)cc1. The van der Waals surface area contributed by atoms with Crippen LogP contribution in [0, 0.1) is 17.8 Å². The fourth-order valence-corrected chi connectivity index (χ4v) is 6.02. The van der Waals surface area contributed by atoms with E-state index in [1.807, 2.05) is 19.1 Å². The van der Waals surface area contributed by atoms with Crippen LogP contribution in [-0.2, 0) is 14.8 Å². The van der Waals surface area contributed by atoms with Crippen LogP contribution in [0.2, 0.25) is 0 Å². The Labute approximate surface area is 144 Å².